The SMILES string of the molecule is CC(COc1cccc(-n2ccnc2C2CC2)c1)Oc1ccc(C#N)cc1F. The van der Waals surface area contributed by atoms with Crippen molar-refractivity contribution in [3.8, 4) is 23.3 Å². The molecular formula is C22H20FN3O2. The number of nitriles is 1. The number of nitrogens with zero attached hydrogens (tertiary/aromatic N) is 3. The molecule has 0 aliphatic heterocycles. The van der Waals surface area contributed by atoms with E-state index in [0.29, 0.717) is 11.7 Å². The van der Waals surface area contributed by atoms with Crippen molar-refractivity contribution < 1.29 is 13.9 Å². The van der Waals surface area contributed by atoms with Crippen molar-refractivity contribution >= 4 is 0 Å². The molecule has 0 bridgehead atoms. The van der Waals surface area contributed by atoms with Crippen LogP contribution in [0, 0.1) is 17.1 Å². The van der Waals surface area contributed by atoms with Gasteiger partial charge in [0.2, 0.25) is 0 Å². The van der Waals surface area contributed by atoms with E-state index < -0.39 is 5.82 Å². The first-order chi connectivity index (χ1) is 13.6. The summed E-state index contributed by atoms with van der Waals surface area (Å²) >= 11 is 0. The maximum atomic E-state index is 14.0. The van der Waals surface area contributed by atoms with Gasteiger partial charge in [0.05, 0.1) is 17.3 Å². The summed E-state index contributed by atoms with van der Waals surface area (Å²) < 4.78 is 27.5. The minimum atomic E-state index is -0.555. The summed E-state index contributed by atoms with van der Waals surface area (Å²) in [7, 11) is 0. The van der Waals surface area contributed by atoms with Gasteiger partial charge in [-0.15, -0.1) is 0 Å². The minimum Gasteiger partial charge on any atom is -0.490 e. The first-order valence-electron chi connectivity index (χ1n) is 9.27. The molecule has 1 aromatic heterocycles. The molecule has 0 amide bonds. The molecule has 1 unspecified atom stereocenters. The van der Waals surface area contributed by atoms with Gasteiger partial charge in [-0.2, -0.15) is 5.26 Å². The molecule has 5 nitrogen and oxygen atoms in total. The molecular weight excluding hydrogens is 357 g/mol. The van der Waals surface area contributed by atoms with Crippen molar-refractivity contribution in [3.63, 3.8) is 0 Å². The van der Waals surface area contributed by atoms with Crippen LogP contribution in [0.3, 0.4) is 0 Å². The summed E-state index contributed by atoms with van der Waals surface area (Å²) in [6.45, 7) is 2.07. The average Bonchev–Trinajstić information content (AvgIpc) is 3.44. The molecule has 0 saturated heterocycles. The molecule has 0 spiro atoms. The molecule has 4 rings (SSSR count). The van der Waals surface area contributed by atoms with Crippen LogP contribution >= 0.6 is 0 Å². The van der Waals surface area contributed by atoms with Gasteiger partial charge in [-0.3, -0.25) is 0 Å². The van der Waals surface area contributed by atoms with Crippen molar-refractivity contribution in [1.82, 2.24) is 9.55 Å². The van der Waals surface area contributed by atoms with Gasteiger partial charge >= 0.3 is 0 Å². The lowest BCUT2D eigenvalue weighted by atomic mass is 10.2. The number of rotatable bonds is 7. The summed E-state index contributed by atoms with van der Waals surface area (Å²) in [5.41, 5.74) is 1.26. The van der Waals surface area contributed by atoms with Crippen LogP contribution in [0.1, 0.15) is 37.1 Å². The van der Waals surface area contributed by atoms with E-state index in [1.165, 1.54) is 25.0 Å². The summed E-state index contributed by atoms with van der Waals surface area (Å²) in [6.07, 6.45) is 5.80. The van der Waals surface area contributed by atoms with Gasteiger partial charge in [0.25, 0.3) is 0 Å². The maximum Gasteiger partial charge on any atom is 0.166 e. The third-order valence-electron chi connectivity index (χ3n) is 4.58. The van der Waals surface area contributed by atoms with E-state index in [4.69, 9.17) is 14.7 Å². The molecule has 1 aliphatic carbocycles. The third kappa shape index (κ3) is 3.99. The van der Waals surface area contributed by atoms with Crippen LogP contribution in [0.2, 0.25) is 0 Å². The van der Waals surface area contributed by atoms with Crippen molar-refractivity contribution in [2.75, 3.05) is 6.61 Å². The number of ether oxygens (including phenoxy) is 2. The van der Waals surface area contributed by atoms with Gasteiger partial charge < -0.3 is 14.0 Å². The Morgan fingerprint density at radius 1 is 1.29 bits per heavy atom. The van der Waals surface area contributed by atoms with Crippen LogP contribution in [0.4, 0.5) is 4.39 Å². The molecule has 2 aromatic carbocycles. The van der Waals surface area contributed by atoms with E-state index in [9.17, 15) is 4.39 Å². The highest BCUT2D eigenvalue weighted by Crippen LogP contribution is 2.40. The highest BCUT2D eigenvalue weighted by molar-refractivity contribution is 5.41. The zero-order valence-electron chi connectivity index (χ0n) is 15.5. The van der Waals surface area contributed by atoms with E-state index in [-0.39, 0.29) is 24.0 Å². The zero-order chi connectivity index (χ0) is 19.5. The van der Waals surface area contributed by atoms with Crippen LogP contribution in [0.25, 0.3) is 5.69 Å². The Kier molecular flexibility index (Phi) is 4.98. The Labute approximate surface area is 163 Å². The number of halogens is 1. The predicted octanol–water partition coefficient (Wildman–Crippen LogP) is 4.61. The summed E-state index contributed by atoms with van der Waals surface area (Å²) in [4.78, 5) is 4.47. The smallest absolute Gasteiger partial charge is 0.166 e. The lowest BCUT2D eigenvalue weighted by Gasteiger charge is -2.17. The summed E-state index contributed by atoms with van der Waals surface area (Å²) in [6, 6.07) is 13.8. The van der Waals surface area contributed by atoms with Crippen LogP contribution in [-0.2, 0) is 0 Å². The number of hydrogen-bond acceptors (Lipinski definition) is 4. The Morgan fingerprint density at radius 2 is 2.14 bits per heavy atom. The topological polar surface area (TPSA) is 60.1 Å². The van der Waals surface area contributed by atoms with Gasteiger partial charge in [0.15, 0.2) is 11.6 Å². The maximum absolute atomic E-state index is 14.0. The molecule has 1 aliphatic rings. The second kappa shape index (κ2) is 7.73. The van der Waals surface area contributed by atoms with Crippen LogP contribution in [0.5, 0.6) is 11.5 Å². The van der Waals surface area contributed by atoms with Gasteiger partial charge in [-0.25, -0.2) is 9.37 Å². The lowest BCUT2D eigenvalue weighted by Crippen LogP contribution is -2.21. The molecule has 0 N–H and O–H groups in total. The van der Waals surface area contributed by atoms with Crippen molar-refractivity contribution in [3.05, 3.63) is 72.1 Å². The average molecular weight is 377 g/mol. The highest BCUT2D eigenvalue weighted by atomic mass is 19.1. The second-order valence-electron chi connectivity index (χ2n) is 6.92. The standard InChI is InChI=1S/C22H20FN3O2/c1-15(28-21-8-5-16(13-24)11-20(21)23)14-27-19-4-2-3-18(12-19)26-10-9-25-22(26)17-6-7-17/h2-5,8-12,15,17H,6-7,14H2,1H3. The van der Waals surface area contributed by atoms with Gasteiger partial charge in [0.1, 0.15) is 24.3 Å². The molecule has 1 heterocycles. The van der Waals surface area contributed by atoms with Crippen molar-refractivity contribution in [2.45, 2.75) is 31.8 Å². The molecule has 0 radical (unpaired) electrons. The second-order valence-corrected chi connectivity index (χ2v) is 6.92. The molecule has 28 heavy (non-hydrogen) atoms. The normalized spacial score (nSPS) is 14.3. The third-order valence-corrected chi connectivity index (χ3v) is 4.58. The summed E-state index contributed by atoms with van der Waals surface area (Å²) in [5, 5.41) is 8.80. The first kappa shape index (κ1) is 18.1. The Hall–Kier alpha value is -3.33. The van der Waals surface area contributed by atoms with Gasteiger partial charge in [0, 0.05) is 24.4 Å². The van der Waals surface area contributed by atoms with Crippen molar-refractivity contribution in [2.24, 2.45) is 0 Å². The predicted molar refractivity (Wildman–Crippen MR) is 102 cm³/mol. The fourth-order valence-corrected chi connectivity index (χ4v) is 3.03. The summed E-state index contributed by atoms with van der Waals surface area (Å²) in [5.74, 6) is 1.90. The minimum absolute atomic E-state index is 0.108. The van der Waals surface area contributed by atoms with E-state index in [2.05, 4.69) is 9.55 Å². The first-order valence-corrected chi connectivity index (χ1v) is 9.27. The fourth-order valence-electron chi connectivity index (χ4n) is 3.03. The number of aromatic nitrogens is 2. The van der Waals surface area contributed by atoms with Gasteiger partial charge in [-0.05, 0) is 50.1 Å². The Morgan fingerprint density at radius 3 is 2.89 bits per heavy atom. The monoisotopic (exact) mass is 377 g/mol. The van der Waals surface area contributed by atoms with E-state index >= 15 is 0 Å². The number of hydrogen-bond donors (Lipinski definition) is 0. The molecule has 142 valence electrons. The Bertz CT molecular complexity index is 1020. The number of benzene rings is 2. The van der Waals surface area contributed by atoms with Crippen LogP contribution < -0.4 is 9.47 Å². The van der Waals surface area contributed by atoms with Gasteiger partial charge in [-0.1, -0.05) is 6.07 Å². The van der Waals surface area contributed by atoms with E-state index in [0.717, 1.165) is 17.6 Å². The molecule has 6 heteroatoms. The van der Waals surface area contributed by atoms with Crippen LogP contribution in [0.15, 0.2) is 54.9 Å². The zero-order valence-corrected chi connectivity index (χ0v) is 15.5. The quantitative estimate of drug-likeness (QED) is 0.603. The lowest BCUT2D eigenvalue weighted by molar-refractivity contribution is 0.138. The fraction of sp³-hybridized carbons (Fsp3) is 0.273. The molecule has 1 atom stereocenters. The molecule has 1 fully saturated rings. The number of imidazole rings is 1. The Balaban J connectivity index is 1.40. The van der Waals surface area contributed by atoms with E-state index in [1.807, 2.05) is 49.7 Å². The highest BCUT2D eigenvalue weighted by Gasteiger charge is 2.28. The largest absolute Gasteiger partial charge is 0.490 e. The van der Waals surface area contributed by atoms with Crippen molar-refractivity contribution in [1.29, 1.82) is 5.26 Å². The van der Waals surface area contributed by atoms with E-state index in [1.54, 1.807) is 0 Å². The molecule has 3 aromatic rings. The van der Waals surface area contributed by atoms with Crippen LogP contribution in [-0.4, -0.2) is 22.3 Å². The molecule has 1 saturated carbocycles.